The van der Waals surface area contributed by atoms with Crippen molar-refractivity contribution in [2.75, 3.05) is 0 Å². The maximum absolute atomic E-state index is 13.6. The van der Waals surface area contributed by atoms with E-state index in [1.165, 1.54) is 11.1 Å². The molecule has 0 spiro atoms. The molecule has 4 nitrogen and oxygen atoms in total. The molecule has 0 aromatic heterocycles. The second-order valence-electron chi connectivity index (χ2n) is 9.70. The number of sulfonamides is 1. The van der Waals surface area contributed by atoms with Crippen LogP contribution < -0.4 is 4.72 Å². The molecule has 0 unspecified atom stereocenters. The zero-order chi connectivity index (χ0) is 26.8. The van der Waals surface area contributed by atoms with Crippen molar-refractivity contribution in [1.29, 1.82) is 0 Å². The van der Waals surface area contributed by atoms with E-state index in [2.05, 4.69) is 52.6 Å². The zero-order valence-electron chi connectivity index (χ0n) is 21.9. The molecule has 1 N–H and O–H groups in total. The minimum absolute atomic E-state index is 0.129. The first kappa shape index (κ1) is 27.5. The van der Waals surface area contributed by atoms with Crippen molar-refractivity contribution in [3.63, 3.8) is 0 Å². The fourth-order valence-corrected chi connectivity index (χ4v) is 6.04. The lowest BCUT2D eigenvalue weighted by molar-refractivity contribution is 0.146. The molecule has 4 aromatic carbocycles. The van der Waals surface area contributed by atoms with E-state index in [1.807, 2.05) is 79.7 Å². The topological polar surface area (TPSA) is 49.4 Å². The van der Waals surface area contributed by atoms with Gasteiger partial charge in [-0.3, -0.25) is 4.90 Å². The number of nitrogens with zero attached hydrogens (tertiary/aromatic N) is 1. The molecule has 196 valence electrons. The maximum atomic E-state index is 13.6. The number of benzene rings is 4. The van der Waals surface area contributed by atoms with Gasteiger partial charge in [0, 0.05) is 25.2 Å². The molecular formula is C33H36N2O2S. The van der Waals surface area contributed by atoms with Gasteiger partial charge in [0.25, 0.3) is 0 Å². The van der Waals surface area contributed by atoms with E-state index in [0.717, 1.165) is 11.1 Å². The largest absolute Gasteiger partial charge is 0.290 e. The molecule has 0 fully saturated rings. The second-order valence-corrected chi connectivity index (χ2v) is 11.4. The Morgan fingerprint density at radius 2 is 1.21 bits per heavy atom. The van der Waals surface area contributed by atoms with E-state index >= 15 is 0 Å². The normalized spacial score (nSPS) is 13.2. The highest BCUT2D eigenvalue weighted by atomic mass is 32.2. The first-order valence-corrected chi connectivity index (χ1v) is 14.5. The van der Waals surface area contributed by atoms with Gasteiger partial charge in [-0.15, -0.1) is 6.58 Å². The minimum atomic E-state index is -3.74. The monoisotopic (exact) mass is 524 g/mol. The number of nitrogens with one attached hydrogen (secondary N) is 1. The lowest BCUT2D eigenvalue weighted by Gasteiger charge is -2.37. The highest BCUT2D eigenvalue weighted by Crippen LogP contribution is 2.23. The summed E-state index contributed by atoms with van der Waals surface area (Å²) < 4.78 is 30.2. The zero-order valence-corrected chi connectivity index (χ0v) is 22.7. The molecule has 2 atom stereocenters. The van der Waals surface area contributed by atoms with Crippen molar-refractivity contribution in [2.45, 2.75) is 49.8 Å². The van der Waals surface area contributed by atoms with Crippen molar-refractivity contribution >= 4 is 10.0 Å². The van der Waals surface area contributed by atoms with E-state index in [-0.39, 0.29) is 17.0 Å². The maximum Gasteiger partial charge on any atom is 0.240 e. The molecule has 0 saturated carbocycles. The Labute approximate surface area is 227 Å². The molecule has 0 amide bonds. The Hall–Kier alpha value is -3.51. The fraction of sp³-hybridized carbons (Fsp3) is 0.212. The third-order valence-corrected chi connectivity index (χ3v) is 8.24. The smallest absolute Gasteiger partial charge is 0.240 e. The van der Waals surface area contributed by atoms with Gasteiger partial charge in [-0.05, 0) is 48.6 Å². The average Bonchev–Trinajstić information content (AvgIpc) is 2.93. The highest BCUT2D eigenvalue weighted by Gasteiger charge is 2.31. The molecule has 4 aromatic rings. The van der Waals surface area contributed by atoms with E-state index in [0.29, 0.717) is 25.9 Å². The van der Waals surface area contributed by atoms with Crippen molar-refractivity contribution in [3.05, 3.63) is 150 Å². The molecule has 0 bridgehead atoms. The Kier molecular flexibility index (Phi) is 9.66. The van der Waals surface area contributed by atoms with E-state index < -0.39 is 10.0 Å². The summed E-state index contributed by atoms with van der Waals surface area (Å²) in [5.41, 5.74) is 4.54. The molecule has 0 aliphatic rings. The lowest BCUT2D eigenvalue weighted by Crippen LogP contribution is -2.52. The van der Waals surface area contributed by atoms with Gasteiger partial charge in [0.05, 0.1) is 4.90 Å². The van der Waals surface area contributed by atoms with Gasteiger partial charge >= 0.3 is 0 Å². The fourth-order valence-electron chi connectivity index (χ4n) is 4.76. The first-order chi connectivity index (χ1) is 18.4. The third kappa shape index (κ3) is 7.75. The van der Waals surface area contributed by atoms with Gasteiger partial charge in [-0.1, -0.05) is 115 Å². The number of hydrogen-bond donors (Lipinski definition) is 1. The van der Waals surface area contributed by atoms with Crippen LogP contribution in [-0.4, -0.2) is 25.4 Å². The van der Waals surface area contributed by atoms with Crippen molar-refractivity contribution < 1.29 is 8.42 Å². The summed E-state index contributed by atoms with van der Waals surface area (Å²) in [5.74, 6) is 0. The van der Waals surface area contributed by atoms with Crippen LogP contribution in [0.4, 0.5) is 0 Å². The lowest BCUT2D eigenvalue weighted by atomic mass is 9.95. The van der Waals surface area contributed by atoms with Gasteiger partial charge < -0.3 is 0 Å². The summed E-state index contributed by atoms with van der Waals surface area (Å²) in [4.78, 5) is 2.66. The number of hydrogen-bond acceptors (Lipinski definition) is 3. The molecule has 0 aliphatic carbocycles. The van der Waals surface area contributed by atoms with Crippen LogP contribution in [0.25, 0.3) is 0 Å². The van der Waals surface area contributed by atoms with E-state index in [1.54, 1.807) is 12.1 Å². The van der Waals surface area contributed by atoms with Gasteiger partial charge in [-0.25, -0.2) is 13.1 Å². The van der Waals surface area contributed by atoms with E-state index in [4.69, 9.17) is 0 Å². The SMILES string of the molecule is C=CC[C@@H](NS(=O)(=O)c1ccc(C)cc1)[C@H](Cc1ccccc1)N(Cc1ccccc1)Cc1ccccc1. The molecule has 0 heterocycles. The third-order valence-electron chi connectivity index (χ3n) is 6.74. The second kappa shape index (κ2) is 13.3. The summed E-state index contributed by atoms with van der Waals surface area (Å²) in [5, 5.41) is 0. The Morgan fingerprint density at radius 1 is 0.737 bits per heavy atom. The molecule has 4 rings (SSSR count). The first-order valence-electron chi connectivity index (χ1n) is 13.0. The van der Waals surface area contributed by atoms with E-state index in [9.17, 15) is 8.42 Å². The van der Waals surface area contributed by atoms with Crippen LogP contribution in [0.15, 0.2) is 133 Å². The molecule has 0 saturated heterocycles. The predicted molar refractivity (Wildman–Crippen MR) is 156 cm³/mol. The van der Waals surface area contributed by atoms with Crippen LogP contribution in [0.2, 0.25) is 0 Å². The van der Waals surface area contributed by atoms with Crippen LogP contribution >= 0.6 is 0 Å². The van der Waals surface area contributed by atoms with Gasteiger partial charge in [-0.2, -0.15) is 0 Å². The summed E-state index contributed by atoms with van der Waals surface area (Å²) in [6, 6.07) is 37.5. The van der Waals surface area contributed by atoms with Crippen LogP contribution in [-0.2, 0) is 29.5 Å². The summed E-state index contributed by atoms with van der Waals surface area (Å²) >= 11 is 0. The quantitative estimate of drug-likeness (QED) is 0.202. The van der Waals surface area contributed by atoms with Crippen molar-refractivity contribution in [2.24, 2.45) is 0 Å². The number of rotatable bonds is 13. The Morgan fingerprint density at radius 3 is 1.68 bits per heavy atom. The molecule has 38 heavy (non-hydrogen) atoms. The number of aryl methyl sites for hydroxylation is 1. The Balaban J connectivity index is 1.74. The average molecular weight is 525 g/mol. The summed E-state index contributed by atoms with van der Waals surface area (Å²) in [7, 11) is -3.74. The standard InChI is InChI=1S/C33H36N2O2S/c1-3-13-32(34-38(36,37)31-22-20-27(2)21-23-31)33(24-28-14-7-4-8-15-28)35(25-29-16-9-5-10-17-29)26-30-18-11-6-12-19-30/h3-12,14-23,32-34H,1,13,24-26H2,2H3/t32-,33+/m1/s1. The predicted octanol–water partition coefficient (Wildman–Crippen LogP) is 6.53. The highest BCUT2D eigenvalue weighted by molar-refractivity contribution is 7.89. The molecule has 0 aliphatic heterocycles. The van der Waals surface area contributed by atoms with Gasteiger partial charge in [0.1, 0.15) is 0 Å². The van der Waals surface area contributed by atoms with Crippen LogP contribution in [0, 0.1) is 6.92 Å². The van der Waals surface area contributed by atoms with Gasteiger partial charge in [0.15, 0.2) is 0 Å². The van der Waals surface area contributed by atoms with Crippen molar-refractivity contribution in [3.8, 4) is 0 Å². The van der Waals surface area contributed by atoms with Gasteiger partial charge in [0.2, 0.25) is 10.0 Å². The summed E-state index contributed by atoms with van der Waals surface area (Å²) in [6.07, 6.45) is 3.00. The Bertz CT molecular complexity index is 1330. The molecule has 5 heteroatoms. The van der Waals surface area contributed by atoms with Crippen LogP contribution in [0.5, 0.6) is 0 Å². The van der Waals surface area contributed by atoms with Crippen molar-refractivity contribution in [1.82, 2.24) is 9.62 Å². The molecule has 0 radical (unpaired) electrons. The van der Waals surface area contributed by atoms with Crippen LogP contribution in [0.3, 0.4) is 0 Å². The minimum Gasteiger partial charge on any atom is -0.290 e. The molecular weight excluding hydrogens is 488 g/mol. The van der Waals surface area contributed by atoms with Crippen LogP contribution in [0.1, 0.15) is 28.7 Å². The summed E-state index contributed by atoms with van der Waals surface area (Å²) in [6.45, 7) is 7.30.